The number of hydrogen-bond acceptors (Lipinski definition) is 5. The van der Waals surface area contributed by atoms with Gasteiger partial charge in [0, 0.05) is 17.6 Å². The van der Waals surface area contributed by atoms with Crippen molar-refractivity contribution in [2.75, 3.05) is 5.75 Å². The molecule has 1 amide bonds. The number of aryl methyl sites for hydroxylation is 1. The third-order valence-electron chi connectivity index (χ3n) is 4.47. The second kappa shape index (κ2) is 7.38. The van der Waals surface area contributed by atoms with Crippen molar-refractivity contribution in [1.29, 1.82) is 0 Å². The molecule has 1 saturated heterocycles. The molecule has 2 aromatic rings. The van der Waals surface area contributed by atoms with Crippen LogP contribution in [0.15, 0.2) is 33.9 Å². The number of nitrogens with zero attached hydrogens (tertiary/aromatic N) is 3. The molecule has 0 bridgehead atoms. The minimum absolute atomic E-state index is 0.148. The van der Waals surface area contributed by atoms with Gasteiger partial charge in [-0.15, -0.1) is 10.2 Å². The maximum Gasteiger partial charge on any atom is 0.277 e. The highest BCUT2D eigenvalue weighted by molar-refractivity contribution is 7.99. The van der Waals surface area contributed by atoms with Crippen LogP contribution in [0, 0.1) is 6.92 Å². The highest BCUT2D eigenvalue weighted by atomic mass is 32.2. The summed E-state index contributed by atoms with van der Waals surface area (Å²) < 4.78 is 5.69. The van der Waals surface area contributed by atoms with Gasteiger partial charge in [0.15, 0.2) is 0 Å². The molecule has 0 N–H and O–H groups in total. The van der Waals surface area contributed by atoms with Gasteiger partial charge in [0.1, 0.15) is 0 Å². The second-order valence-corrected chi connectivity index (χ2v) is 7.39. The molecule has 0 aliphatic carbocycles. The lowest BCUT2D eigenvalue weighted by Gasteiger charge is -2.39. The molecule has 1 aliphatic heterocycles. The monoisotopic (exact) mass is 345 g/mol. The molecule has 1 fully saturated rings. The summed E-state index contributed by atoms with van der Waals surface area (Å²) in [6.45, 7) is 6.27. The average molecular weight is 345 g/mol. The maximum atomic E-state index is 12.5. The van der Waals surface area contributed by atoms with Crippen LogP contribution in [-0.2, 0) is 4.79 Å². The summed E-state index contributed by atoms with van der Waals surface area (Å²) in [6, 6.07) is 8.56. The van der Waals surface area contributed by atoms with Crippen molar-refractivity contribution in [3.63, 3.8) is 0 Å². The number of hydrogen-bond donors (Lipinski definition) is 0. The Kier molecular flexibility index (Phi) is 5.23. The number of thioether (sulfide) groups is 1. The predicted octanol–water partition coefficient (Wildman–Crippen LogP) is 3.93. The Hall–Kier alpha value is -1.82. The van der Waals surface area contributed by atoms with Crippen molar-refractivity contribution >= 4 is 17.7 Å². The Morgan fingerprint density at radius 2 is 2.04 bits per heavy atom. The highest BCUT2D eigenvalue weighted by Gasteiger charge is 2.29. The van der Waals surface area contributed by atoms with Crippen molar-refractivity contribution in [2.45, 2.75) is 57.3 Å². The third kappa shape index (κ3) is 3.80. The lowest BCUT2D eigenvalue weighted by Crippen LogP contribution is -2.48. The van der Waals surface area contributed by atoms with Gasteiger partial charge >= 0.3 is 0 Å². The van der Waals surface area contributed by atoms with Crippen molar-refractivity contribution in [2.24, 2.45) is 0 Å². The SMILES string of the molecule is Cc1cccc(-c2nnc(SCC(=O)N3[C@@H](C)CCC[C@@H]3C)o2)c1. The number of carbonyl (C=O) groups excluding carboxylic acids is 1. The third-order valence-corrected chi connectivity index (χ3v) is 5.28. The topological polar surface area (TPSA) is 59.2 Å². The molecule has 128 valence electrons. The van der Waals surface area contributed by atoms with Gasteiger partial charge in [-0.1, -0.05) is 29.5 Å². The summed E-state index contributed by atoms with van der Waals surface area (Å²) in [7, 11) is 0. The molecular weight excluding hydrogens is 322 g/mol. The molecule has 1 aromatic carbocycles. The number of amides is 1. The van der Waals surface area contributed by atoms with E-state index in [1.54, 1.807) is 0 Å². The first kappa shape index (κ1) is 17.0. The number of benzene rings is 1. The largest absolute Gasteiger partial charge is 0.411 e. The van der Waals surface area contributed by atoms with Gasteiger partial charge in [0.2, 0.25) is 11.8 Å². The molecular formula is C18H23N3O2S. The minimum atomic E-state index is 0.148. The first-order valence-electron chi connectivity index (χ1n) is 8.39. The molecule has 2 atom stereocenters. The minimum Gasteiger partial charge on any atom is -0.411 e. The van der Waals surface area contributed by atoms with Crippen molar-refractivity contribution in [1.82, 2.24) is 15.1 Å². The molecule has 6 heteroatoms. The van der Waals surface area contributed by atoms with E-state index in [0.717, 1.165) is 24.0 Å². The molecule has 0 unspecified atom stereocenters. The van der Waals surface area contributed by atoms with Crippen LogP contribution in [-0.4, -0.2) is 38.8 Å². The van der Waals surface area contributed by atoms with E-state index < -0.39 is 0 Å². The first-order chi connectivity index (χ1) is 11.5. The van der Waals surface area contributed by atoms with E-state index in [1.807, 2.05) is 36.1 Å². The fraction of sp³-hybridized carbons (Fsp3) is 0.500. The van der Waals surface area contributed by atoms with Crippen LogP contribution in [0.2, 0.25) is 0 Å². The average Bonchev–Trinajstić information content (AvgIpc) is 3.02. The Labute approximate surface area is 146 Å². The van der Waals surface area contributed by atoms with E-state index in [2.05, 4.69) is 24.0 Å². The second-order valence-electron chi connectivity index (χ2n) is 6.46. The molecule has 2 heterocycles. The summed E-state index contributed by atoms with van der Waals surface area (Å²) in [5.74, 6) is 0.979. The van der Waals surface area contributed by atoms with Gasteiger partial charge in [-0.2, -0.15) is 0 Å². The number of likely N-dealkylation sites (tertiary alicyclic amines) is 1. The lowest BCUT2D eigenvalue weighted by molar-refractivity contribution is -0.134. The number of aromatic nitrogens is 2. The van der Waals surface area contributed by atoms with E-state index in [-0.39, 0.29) is 5.91 Å². The van der Waals surface area contributed by atoms with E-state index in [4.69, 9.17) is 4.42 Å². The van der Waals surface area contributed by atoms with Gasteiger partial charge in [-0.25, -0.2) is 0 Å². The van der Waals surface area contributed by atoms with E-state index in [9.17, 15) is 4.79 Å². The lowest BCUT2D eigenvalue weighted by atomic mass is 9.98. The fourth-order valence-electron chi connectivity index (χ4n) is 3.27. The Bertz CT molecular complexity index is 706. The van der Waals surface area contributed by atoms with Gasteiger partial charge in [0.25, 0.3) is 5.22 Å². The fourth-order valence-corrected chi connectivity index (χ4v) is 3.91. The molecule has 5 nitrogen and oxygen atoms in total. The summed E-state index contributed by atoms with van der Waals surface area (Å²) >= 11 is 1.31. The molecule has 0 saturated carbocycles. The van der Waals surface area contributed by atoms with E-state index in [1.165, 1.54) is 18.2 Å². The van der Waals surface area contributed by atoms with Crippen molar-refractivity contribution in [3.8, 4) is 11.5 Å². The standard InChI is InChI=1S/C18H23N3O2S/c1-12-6-4-9-15(10-12)17-19-20-18(23-17)24-11-16(22)21-13(2)7-5-8-14(21)3/h4,6,9-10,13-14H,5,7-8,11H2,1-3H3/t13-,14-/m0/s1. The molecule has 3 rings (SSSR count). The number of carbonyl (C=O) groups is 1. The van der Waals surface area contributed by atoms with Crippen LogP contribution in [0.3, 0.4) is 0 Å². The normalized spacial score (nSPS) is 21.0. The van der Waals surface area contributed by atoms with Crippen LogP contribution in [0.25, 0.3) is 11.5 Å². The van der Waals surface area contributed by atoms with Crippen LogP contribution in [0.4, 0.5) is 0 Å². The highest BCUT2D eigenvalue weighted by Crippen LogP contribution is 2.26. The maximum absolute atomic E-state index is 12.5. The summed E-state index contributed by atoms with van der Waals surface area (Å²) in [4.78, 5) is 14.5. The Morgan fingerprint density at radius 1 is 1.29 bits per heavy atom. The van der Waals surface area contributed by atoms with Crippen LogP contribution in [0.1, 0.15) is 38.7 Å². The summed E-state index contributed by atoms with van der Waals surface area (Å²) in [6.07, 6.45) is 3.36. The zero-order chi connectivity index (χ0) is 17.1. The van der Waals surface area contributed by atoms with Gasteiger partial charge in [-0.05, 0) is 52.2 Å². The predicted molar refractivity (Wildman–Crippen MR) is 94.8 cm³/mol. The van der Waals surface area contributed by atoms with Gasteiger partial charge < -0.3 is 9.32 Å². The summed E-state index contributed by atoms with van der Waals surface area (Å²) in [5.41, 5.74) is 2.04. The zero-order valence-electron chi connectivity index (χ0n) is 14.4. The number of piperidine rings is 1. The van der Waals surface area contributed by atoms with E-state index in [0.29, 0.717) is 29.0 Å². The van der Waals surface area contributed by atoms with Crippen LogP contribution in [0.5, 0.6) is 0 Å². The molecule has 1 aliphatic rings. The molecule has 0 spiro atoms. The van der Waals surface area contributed by atoms with Gasteiger partial charge in [-0.3, -0.25) is 4.79 Å². The Balaban J connectivity index is 1.62. The molecule has 24 heavy (non-hydrogen) atoms. The first-order valence-corrected chi connectivity index (χ1v) is 9.37. The smallest absolute Gasteiger partial charge is 0.277 e. The summed E-state index contributed by atoms with van der Waals surface area (Å²) in [5, 5.41) is 8.58. The molecule has 1 aromatic heterocycles. The quantitative estimate of drug-likeness (QED) is 0.786. The van der Waals surface area contributed by atoms with Crippen molar-refractivity contribution in [3.05, 3.63) is 29.8 Å². The van der Waals surface area contributed by atoms with E-state index >= 15 is 0 Å². The van der Waals surface area contributed by atoms with Crippen LogP contribution < -0.4 is 0 Å². The van der Waals surface area contributed by atoms with Crippen LogP contribution >= 0.6 is 11.8 Å². The van der Waals surface area contributed by atoms with Gasteiger partial charge in [0.05, 0.1) is 5.75 Å². The number of rotatable bonds is 4. The van der Waals surface area contributed by atoms with Crippen molar-refractivity contribution < 1.29 is 9.21 Å². The Morgan fingerprint density at radius 3 is 2.75 bits per heavy atom. The zero-order valence-corrected chi connectivity index (χ0v) is 15.2. The molecule has 0 radical (unpaired) electrons.